The van der Waals surface area contributed by atoms with Crippen molar-refractivity contribution >= 4 is 7.60 Å². The molecule has 130 valence electrons. The van der Waals surface area contributed by atoms with Gasteiger partial charge >= 0.3 is 7.60 Å². The zero-order valence-electron chi connectivity index (χ0n) is 13.7. The first-order valence-electron chi connectivity index (χ1n) is 7.88. The van der Waals surface area contributed by atoms with Gasteiger partial charge in [-0.05, 0) is 42.0 Å². The van der Waals surface area contributed by atoms with E-state index in [1.54, 1.807) is 60.7 Å². The molecule has 0 fully saturated rings. The molecule has 0 heterocycles. The molecule has 5 nitrogen and oxygen atoms in total. The summed E-state index contributed by atoms with van der Waals surface area (Å²) in [5.41, 5.74) is 0.767. The molecule has 0 bridgehead atoms. The molecule has 6 heteroatoms. The van der Waals surface area contributed by atoms with Gasteiger partial charge in [0.25, 0.3) is 0 Å². The van der Waals surface area contributed by atoms with Crippen LogP contribution < -0.4 is 9.05 Å². The first-order valence-corrected chi connectivity index (χ1v) is 9.49. The molecule has 3 aromatic rings. The van der Waals surface area contributed by atoms with Crippen molar-refractivity contribution in [2.24, 2.45) is 0 Å². The zero-order chi connectivity index (χ0) is 18.4. The highest BCUT2D eigenvalue weighted by atomic mass is 31.2. The van der Waals surface area contributed by atoms with Gasteiger partial charge in [-0.15, -0.1) is 0 Å². The minimum atomic E-state index is -4.03. The lowest BCUT2D eigenvalue weighted by Gasteiger charge is -2.24. The Morgan fingerprint density at radius 1 is 0.808 bits per heavy atom. The summed E-state index contributed by atoms with van der Waals surface area (Å²) in [6.45, 7) is 0. The Labute approximate surface area is 151 Å². The zero-order valence-corrected chi connectivity index (χ0v) is 14.6. The molecule has 0 saturated heterocycles. The molecule has 0 radical (unpaired) electrons. The maximum absolute atomic E-state index is 13.4. The Balaban J connectivity index is 1.95. The molecule has 26 heavy (non-hydrogen) atoms. The van der Waals surface area contributed by atoms with E-state index in [4.69, 9.17) is 14.3 Å². The lowest BCUT2D eigenvalue weighted by atomic mass is 10.2. The Hall–Kier alpha value is -3.06. The minimum absolute atomic E-state index is 0.319. The van der Waals surface area contributed by atoms with Gasteiger partial charge in [0.2, 0.25) is 5.85 Å². The average molecular weight is 365 g/mol. The van der Waals surface area contributed by atoms with Crippen LogP contribution in [0.2, 0.25) is 0 Å². The molecule has 3 aromatic carbocycles. The van der Waals surface area contributed by atoms with Crippen LogP contribution in [0.1, 0.15) is 17.0 Å². The van der Waals surface area contributed by atoms with Crippen LogP contribution in [0.5, 0.6) is 11.5 Å². The molecular formula is C20H16NO4P. The van der Waals surface area contributed by atoms with Crippen LogP contribution in [-0.4, -0.2) is 5.11 Å². The summed E-state index contributed by atoms with van der Waals surface area (Å²) in [6, 6.07) is 25.2. The van der Waals surface area contributed by atoms with Crippen molar-refractivity contribution in [3.63, 3.8) is 0 Å². The number of nitriles is 1. The number of hydrogen-bond donors (Lipinski definition) is 1. The molecule has 0 aliphatic heterocycles. The highest BCUT2D eigenvalue weighted by Gasteiger charge is 2.39. The number of aliphatic hydroxyl groups is 1. The van der Waals surface area contributed by atoms with E-state index < -0.39 is 13.4 Å². The first kappa shape index (κ1) is 17.8. The highest BCUT2D eigenvalue weighted by molar-refractivity contribution is 7.54. The summed E-state index contributed by atoms with van der Waals surface area (Å²) in [5, 5.41) is 19.6. The number of para-hydroxylation sites is 2. The molecule has 0 aliphatic rings. The van der Waals surface area contributed by atoms with E-state index in [1.807, 2.05) is 6.07 Å². The first-order chi connectivity index (χ1) is 12.6. The van der Waals surface area contributed by atoms with E-state index in [0.29, 0.717) is 22.6 Å². The van der Waals surface area contributed by atoms with Crippen LogP contribution in [0, 0.1) is 11.3 Å². The smallest absolute Gasteiger partial charge is 0.414 e. The van der Waals surface area contributed by atoms with Crippen molar-refractivity contribution in [1.82, 2.24) is 0 Å². The second-order valence-electron chi connectivity index (χ2n) is 5.46. The summed E-state index contributed by atoms with van der Waals surface area (Å²) in [4.78, 5) is 0. The molecule has 1 atom stereocenters. The molecule has 0 spiro atoms. The van der Waals surface area contributed by atoms with Crippen molar-refractivity contribution in [2.75, 3.05) is 0 Å². The van der Waals surface area contributed by atoms with Gasteiger partial charge in [0.1, 0.15) is 11.5 Å². The minimum Gasteiger partial charge on any atom is -0.414 e. The van der Waals surface area contributed by atoms with Crippen LogP contribution in [0.15, 0.2) is 84.9 Å². The molecule has 0 aliphatic carbocycles. The van der Waals surface area contributed by atoms with Crippen molar-refractivity contribution in [3.05, 3.63) is 96.1 Å². The van der Waals surface area contributed by atoms with Crippen LogP contribution in [0.25, 0.3) is 0 Å². The van der Waals surface area contributed by atoms with Crippen LogP contribution >= 0.6 is 7.60 Å². The Morgan fingerprint density at radius 3 is 1.69 bits per heavy atom. The SMILES string of the molecule is N#Cc1ccc([C@@H](O)P(=O)(Oc2ccccc2)Oc2ccccc2)cc1. The summed E-state index contributed by atoms with van der Waals surface area (Å²) < 4.78 is 24.6. The quantitative estimate of drug-likeness (QED) is 0.629. The molecule has 0 unspecified atom stereocenters. The monoisotopic (exact) mass is 365 g/mol. The van der Waals surface area contributed by atoms with Crippen LogP contribution in [-0.2, 0) is 4.57 Å². The fourth-order valence-corrected chi connectivity index (χ4v) is 3.89. The standard InChI is InChI=1S/C20H16NO4P/c21-15-16-11-13-17(14-12-16)20(22)26(23,24-18-7-3-1-4-8-18)25-19-9-5-2-6-10-19/h1-14,20,22H/t20-/m0/s1. The molecule has 1 N–H and O–H groups in total. The normalized spacial score (nSPS) is 12.0. The van der Waals surface area contributed by atoms with Gasteiger partial charge in [0.05, 0.1) is 11.6 Å². The molecule has 0 amide bonds. The third-order valence-corrected chi connectivity index (χ3v) is 5.42. The third kappa shape index (κ3) is 4.12. The molecule has 3 rings (SSSR count). The third-order valence-electron chi connectivity index (χ3n) is 3.59. The van der Waals surface area contributed by atoms with Gasteiger partial charge in [0.15, 0.2) is 0 Å². The fourth-order valence-electron chi connectivity index (χ4n) is 2.29. The Morgan fingerprint density at radius 2 is 1.27 bits per heavy atom. The second-order valence-corrected chi connectivity index (χ2v) is 7.39. The molecular weight excluding hydrogens is 349 g/mol. The van der Waals surface area contributed by atoms with Crippen LogP contribution in [0.4, 0.5) is 0 Å². The van der Waals surface area contributed by atoms with Gasteiger partial charge in [-0.1, -0.05) is 48.5 Å². The van der Waals surface area contributed by atoms with E-state index in [-0.39, 0.29) is 0 Å². The highest BCUT2D eigenvalue weighted by Crippen LogP contribution is 2.58. The predicted molar refractivity (Wildman–Crippen MR) is 97.9 cm³/mol. The number of rotatable bonds is 6. The Kier molecular flexibility index (Phi) is 5.38. The maximum Gasteiger partial charge on any atom is 0.463 e. The van der Waals surface area contributed by atoms with Crippen LogP contribution in [0.3, 0.4) is 0 Å². The number of benzene rings is 3. The predicted octanol–water partition coefficient (Wildman–Crippen LogP) is 4.90. The van der Waals surface area contributed by atoms with Gasteiger partial charge in [-0.2, -0.15) is 5.26 Å². The van der Waals surface area contributed by atoms with Gasteiger partial charge < -0.3 is 14.2 Å². The largest absolute Gasteiger partial charge is 0.463 e. The lowest BCUT2D eigenvalue weighted by Crippen LogP contribution is -2.10. The van der Waals surface area contributed by atoms with Gasteiger partial charge in [0, 0.05) is 0 Å². The lowest BCUT2D eigenvalue weighted by molar-refractivity contribution is 0.212. The van der Waals surface area contributed by atoms with E-state index in [1.165, 1.54) is 24.3 Å². The van der Waals surface area contributed by atoms with E-state index in [0.717, 1.165) is 0 Å². The van der Waals surface area contributed by atoms with E-state index in [2.05, 4.69) is 0 Å². The molecule has 0 aromatic heterocycles. The fraction of sp³-hybridized carbons (Fsp3) is 0.0500. The number of hydrogen-bond acceptors (Lipinski definition) is 5. The van der Waals surface area contributed by atoms with Crippen molar-refractivity contribution in [2.45, 2.75) is 5.85 Å². The van der Waals surface area contributed by atoms with E-state index in [9.17, 15) is 9.67 Å². The summed E-state index contributed by atoms with van der Waals surface area (Å²) in [7, 11) is -4.03. The Bertz CT molecular complexity index is 892. The van der Waals surface area contributed by atoms with Crippen molar-refractivity contribution in [3.8, 4) is 17.6 Å². The average Bonchev–Trinajstić information content (AvgIpc) is 2.69. The summed E-state index contributed by atoms with van der Waals surface area (Å²) >= 11 is 0. The van der Waals surface area contributed by atoms with Crippen molar-refractivity contribution < 1.29 is 18.7 Å². The van der Waals surface area contributed by atoms with E-state index >= 15 is 0 Å². The number of nitrogens with zero attached hydrogens (tertiary/aromatic N) is 1. The maximum atomic E-state index is 13.4. The van der Waals surface area contributed by atoms with Gasteiger partial charge in [-0.3, -0.25) is 0 Å². The summed E-state index contributed by atoms with van der Waals surface area (Å²) in [5.74, 6) is -0.880. The van der Waals surface area contributed by atoms with Crippen molar-refractivity contribution in [1.29, 1.82) is 5.26 Å². The topological polar surface area (TPSA) is 79.5 Å². The second kappa shape index (κ2) is 7.88. The molecule has 0 saturated carbocycles. The number of aliphatic hydroxyl groups excluding tert-OH is 1. The van der Waals surface area contributed by atoms with Gasteiger partial charge in [-0.25, -0.2) is 4.57 Å². The summed E-state index contributed by atoms with van der Waals surface area (Å²) in [6.07, 6.45) is 0.